The summed E-state index contributed by atoms with van der Waals surface area (Å²) in [4.78, 5) is 2.68. The van der Waals surface area contributed by atoms with E-state index < -0.39 is 0 Å². The highest BCUT2D eigenvalue weighted by Crippen LogP contribution is 2.39. The van der Waals surface area contributed by atoms with Crippen LogP contribution in [0.4, 0.5) is 5.69 Å². The van der Waals surface area contributed by atoms with Crippen LogP contribution in [0, 0.1) is 5.41 Å². The molecule has 2 saturated heterocycles. The first kappa shape index (κ1) is 12.7. The van der Waals surface area contributed by atoms with Gasteiger partial charge >= 0.3 is 0 Å². The highest BCUT2D eigenvalue weighted by atomic mass is 15.2. The largest absolute Gasteiger partial charge is 0.384 e. The minimum absolute atomic E-state index is 0.622. The number of fused-ring (bicyclic) bond motifs is 1. The maximum absolute atomic E-state index is 3.58. The van der Waals surface area contributed by atoms with E-state index in [2.05, 4.69) is 33.7 Å². The number of benzene rings is 1. The van der Waals surface area contributed by atoms with Gasteiger partial charge < -0.3 is 10.6 Å². The van der Waals surface area contributed by atoms with Crippen molar-refractivity contribution in [2.24, 2.45) is 5.41 Å². The van der Waals surface area contributed by atoms with Crippen LogP contribution < -0.4 is 10.6 Å². The summed E-state index contributed by atoms with van der Waals surface area (Å²) in [6.07, 6.45) is 5.33. The highest BCUT2D eigenvalue weighted by molar-refractivity contribution is 5.61. The van der Waals surface area contributed by atoms with Gasteiger partial charge in [0.05, 0.1) is 0 Å². The van der Waals surface area contributed by atoms with Crippen molar-refractivity contribution in [3.05, 3.63) is 29.3 Å². The predicted molar refractivity (Wildman–Crippen MR) is 83.1 cm³/mol. The second kappa shape index (κ2) is 5.05. The van der Waals surface area contributed by atoms with Gasteiger partial charge in [-0.3, -0.25) is 4.90 Å². The van der Waals surface area contributed by atoms with Crippen LogP contribution in [0.15, 0.2) is 18.2 Å². The number of nitrogens with one attached hydrogen (secondary N) is 2. The van der Waals surface area contributed by atoms with E-state index in [9.17, 15) is 0 Å². The third-order valence-electron chi connectivity index (χ3n) is 5.51. The molecule has 0 unspecified atom stereocenters. The number of likely N-dealkylation sites (tertiary alicyclic amines) is 1. The first-order valence-corrected chi connectivity index (χ1v) is 8.12. The minimum atomic E-state index is 0.622. The van der Waals surface area contributed by atoms with Gasteiger partial charge in [-0.1, -0.05) is 18.2 Å². The Kier molecular flexibility index (Phi) is 3.20. The molecule has 0 atom stereocenters. The summed E-state index contributed by atoms with van der Waals surface area (Å²) in [7, 11) is 0. The normalized spacial score (nSPS) is 24.8. The van der Waals surface area contributed by atoms with E-state index in [-0.39, 0.29) is 0 Å². The fraction of sp³-hybridized carbons (Fsp3) is 0.647. The number of nitrogens with zero attached hydrogens (tertiary/aromatic N) is 1. The fourth-order valence-electron chi connectivity index (χ4n) is 4.31. The lowest BCUT2D eigenvalue weighted by Crippen LogP contribution is -2.38. The van der Waals surface area contributed by atoms with Crippen LogP contribution in [0.25, 0.3) is 0 Å². The summed E-state index contributed by atoms with van der Waals surface area (Å²) >= 11 is 0. The molecule has 0 aliphatic carbocycles. The van der Waals surface area contributed by atoms with Gasteiger partial charge in [0.15, 0.2) is 0 Å². The zero-order valence-electron chi connectivity index (χ0n) is 12.3. The second-order valence-corrected chi connectivity index (χ2v) is 6.84. The highest BCUT2D eigenvalue weighted by Gasteiger charge is 2.38. The van der Waals surface area contributed by atoms with E-state index >= 15 is 0 Å². The van der Waals surface area contributed by atoms with Gasteiger partial charge in [-0.05, 0) is 61.9 Å². The Morgan fingerprint density at radius 1 is 1.10 bits per heavy atom. The second-order valence-electron chi connectivity index (χ2n) is 6.84. The number of anilines is 1. The molecule has 3 aliphatic heterocycles. The molecule has 0 bridgehead atoms. The molecule has 20 heavy (non-hydrogen) atoms. The van der Waals surface area contributed by atoms with E-state index in [0.717, 1.165) is 13.1 Å². The molecule has 108 valence electrons. The van der Waals surface area contributed by atoms with Gasteiger partial charge in [0.1, 0.15) is 0 Å². The standard InChI is InChI=1S/C17H25N3/c1-2-14-4-8-19-16(14)15(3-1)12-20-11-7-17(13-20)5-9-18-10-6-17/h1-3,18-19H,4-13H2. The summed E-state index contributed by atoms with van der Waals surface area (Å²) in [5, 5.41) is 7.08. The average Bonchev–Trinajstić information content (AvgIpc) is 3.08. The number of rotatable bonds is 2. The van der Waals surface area contributed by atoms with Gasteiger partial charge in [0, 0.05) is 25.3 Å². The summed E-state index contributed by atoms with van der Waals surface area (Å²) in [6.45, 7) is 7.27. The molecule has 1 aromatic rings. The van der Waals surface area contributed by atoms with Crippen molar-refractivity contribution < 1.29 is 0 Å². The molecule has 0 aromatic heterocycles. The summed E-state index contributed by atoms with van der Waals surface area (Å²) in [5.41, 5.74) is 5.07. The quantitative estimate of drug-likeness (QED) is 0.864. The van der Waals surface area contributed by atoms with Crippen LogP contribution in [0.5, 0.6) is 0 Å². The molecule has 1 aromatic carbocycles. The predicted octanol–water partition coefficient (Wildman–Crippen LogP) is 2.23. The van der Waals surface area contributed by atoms with E-state index in [1.54, 1.807) is 0 Å². The molecule has 2 fully saturated rings. The third-order valence-corrected chi connectivity index (χ3v) is 5.51. The Hall–Kier alpha value is -1.06. The van der Waals surface area contributed by atoms with Gasteiger partial charge in [-0.25, -0.2) is 0 Å². The molecule has 0 saturated carbocycles. The molecule has 4 rings (SSSR count). The van der Waals surface area contributed by atoms with Crippen molar-refractivity contribution in [1.82, 2.24) is 10.2 Å². The molecule has 1 spiro atoms. The van der Waals surface area contributed by atoms with Crippen molar-refractivity contribution in [1.29, 1.82) is 0 Å². The monoisotopic (exact) mass is 271 g/mol. The molecule has 0 amide bonds. The Labute approximate surface area is 121 Å². The van der Waals surface area contributed by atoms with Gasteiger partial charge in [0.2, 0.25) is 0 Å². The Morgan fingerprint density at radius 3 is 2.90 bits per heavy atom. The van der Waals surface area contributed by atoms with Crippen LogP contribution in [-0.4, -0.2) is 37.6 Å². The maximum Gasteiger partial charge on any atom is 0.0419 e. The SMILES string of the molecule is c1cc2c(c(CN3CCC4(CCNCC4)C3)c1)NCC2. The average molecular weight is 271 g/mol. The molecular weight excluding hydrogens is 246 g/mol. The van der Waals surface area contributed by atoms with E-state index in [1.165, 1.54) is 68.7 Å². The first-order valence-electron chi connectivity index (χ1n) is 8.12. The molecule has 3 heteroatoms. The van der Waals surface area contributed by atoms with E-state index in [4.69, 9.17) is 0 Å². The van der Waals surface area contributed by atoms with E-state index in [1.807, 2.05) is 0 Å². The molecule has 3 heterocycles. The van der Waals surface area contributed by atoms with Crippen LogP contribution in [-0.2, 0) is 13.0 Å². The van der Waals surface area contributed by atoms with Crippen LogP contribution in [0.3, 0.4) is 0 Å². The van der Waals surface area contributed by atoms with Crippen molar-refractivity contribution in [3.8, 4) is 0 Å². The summed E-state index contributed by atoms with van der Waals surface area (Å²) in [6, 6.07) is 6.82. The number of hydrogen-bond donors (Lipinski definition) is 2. The lowest BCUT2D eigenvalue weighted by Gasteiger charge is -2.34. The first-order chi connectivity index (χ1) is 9.85. The van der Waals surface area contributed by atoms with E-state index in [0.29, 0.717) is 5.41 Å². The summed E-state index contributed by atoms with van der Waals surface area (Å²) in [5.74, 6) is 0. The van der Waals surface area contributed by atoms with Gasteiger partial charge in [0.25, 0.3) is 0 Å². The lowest BCUT2D eigenvalue weighted by molar-refractivity contribution is 0.194. The Balaban J connectivity index is 1.47. The van der Waals surface area contributed by atoms with Crippen molar-refractivity contribution in [2.75, 3.05) is 38.0 Å². The smallest absolute Gasteiger partial charge is 0.0419 e. The van der Waals surface area contributed by atoms with Gasteiger partial charge in [-0.2, -0.15) is 0 Å². The van der Waals surface area contributed by atoms with Crippen LogP contribution >= 0.6 is 0 Å². The Morgan fingerprint density at radius 2 is 2.00 bits per heavy atom. The Bertz CT molecular complexity index is 491. The topological polar surface area (TPSA) is 27.3 Å². The van der Waals surface area contributed by atoms with Crippen molar-refractivity contribution in [3.63, 3.8) is 0 Å². The maximum atomic E-state index is 3.58. The minimum Gasteiger partial charge on any atom is -0.384 e. The van der Waals surface area contributed by atoms with Crippen molar-refractivity contribution >= 4 is 5.69 Å². The third kappa shape index (κ3) is 2.23. The van der Waals surface area contributed by atoms with Crippen LogP contribution in [0.2, 0.25) is 0 Å². The molecule has 3 nitrogen and oxygen atoms in total. The summed E-state index contributed by atoms with van der Waals surface area (Å²) < 4.78 is 0. The fourth-order valence-corrected chi connectivity index (χ4v) is 4.31. The van der Waals surface area contributed by atoms with Crippen molar-refractivity contribution in [2.45, 2.75) is 32.2 Å². The number of hydrogen-bond acceptors (Lipinski definition) is 3. The molecule has 3 aliphatic rings. The zero-order valence-corrected chi connectivity index (χ0v) is 12.3. The number of para-hydroxylation sites is 1. The number of piperidine rings is 1. The van der Waals surface area contributed by atoms with Gasteiger partial charge in [-0.15, -0.1) is 0 Å². The zero-order chi connectivity index (χ0) is 13.4. The molecular formula is C17H25N3. The van der Waals surface area contributed by atoms with Crippen LogP contribution in [0.1, 0.15) is 30.4 Å². The molecule has 2 N–H and O–H groups in total. The lowest BCUT2D eigenvalue weighted by atomic mass is 9.78. The molecule has 0 radical (unpaired) electrons.